The molecule has 21 heavy (non-hydrogen) atoms. The number of nitrogens with one attached hydrogen (secondary N) is 1. The fourth-order valence-electron chi connectivity index (χ4n) is 2.10. The van der Waals surface area contributed by atoms with Crippen molar-refractivity contribution in [2.45, 2.75) is 38.8 Å². The van der Waals surface area contributed by atoms with E-state index in [0.717, 1.165) is 15.9 Å². The Morgan fingerprint density at radius 3 is 2.81 bits per heavy atom. The molecule has 0 aliphatic carbocycles. The van der Waals surface area contributed by atoms with Crippen molar-refractivity contribution in [1.82, 2.24) is 10.3 Å². The molecule has 1 N–H and O–H groups in total. The Morgan fingerprint density at radius 1 is 1.52 bits per heavy atom. The first-order valence-electron chi connectivity index (χ1n) is 6.59. The number of ether oxygens (including phenoxy) is 1. The molecule has 6 nitrogen and oxygen atoms in total. The molecule has 0 aromatic carbocycles. The van der Waals surface area contributed by atoms with Gasteiger partial charge in [0, 0.05) is 24.1 Å². The lowest BCUT2D eigenvalue weighted by Crippen LogP contribution is -2.52. The minimum Gasteiger partial charge on any atom is -0.444 e. The fourth-order valence-corrected chi connectivity index (χ4v) is 2.42. The molecule has 0 bridgehead atoms. The zero-order chi connectivity index (χ0) is 15.8. The number of aromatic nitrogens is 1. The summed E-state index contributed by atoms with van der Waals surface area (Å²) in [4.78, 5) is 29.9. The van der Waals surface area contributed by atoms with Gasteiger partial charge in [-0.25, -0.2) is 4.79 Å². The van der Waals surface area contributed by atoms with Crippen LogP contribution in [0.25, 0.3) is 0 Å². The molecule has 0 saturated heterocycles. The van der Waals surface area contributed by atoms with Crippen LogP contribution in [0, 0.1) is 0 Å². The molecule has 0 saturated carbocycles. The maximum atomic E-state index is 12.3. The van der Waals surface area contributed by atoms with E-state index in [-0.39, 0.29) is 5.91 Å². The highest BCUT2D eigenvalue weighted by molar-refractivity contribution is 9.10. The van der Waals surface area contributed by atoms with Crippen molar-refractivity contribution in [2.24, 2.45) is 0 Å². The van der Waals surface area contributed by atoms with E-state index in [1.54, 1.807) is 34.0 Å². The highest BCUT2D eigenvalue weighted by atomic mass is 79.9. The minimum atomic E-state index is -0.661. The van der Waals surface area contributed by atoms with Crippen LogP contribution in [0.1, 0.15) is 26.5 Å². The molecule has 0 spiro atoms. The first-order valence-corrected chi connectivity index (χ1v) is 7.38. The number of fused-ring (bicyclic) bond motifs is 1. The number of alkyl carbamates (subject to hydrolysis) is 1. The van der Waals surface area contributed by atoms with Gasteiger partial charge in [0.25, 0.3) is 0 Å². The minimum absolute atomic E-state index is 0.187. The second-order valence-electron chi connectivity index (χ2n) is 5.92. The Bertz CT molecular complexity index is 583. The van der Waals surface area contributed by atoms with Crippen LogP contribution in [0.5, 0.6) is 0 Å². The number of pyridine rings is 1. The number of anilines is 1. The molecule has 2 amide bonds. The lowest BCUT2D eigenvalue weighted by atomic mass is 10.0. The topological polar surface area (TPSA) is 71.5 Å². The summed E-state index contributed by atoms with van der Waals surface area (Å²) < 4.78 is 5.99. The summed E-state index contributed by atoms with van der Waals surface area (Å²) in [5.41, 5.74) is 0.910. The van der Waals surface area contributed by atoms with Gasteiger partial charge in [0.1, 0.15) is 11.6 Å². The molecule has 1 atom stereocenters. The molecular formula is C14H18BrN3O3. The molecule has 0 unspecified atom stereocenters. The molecule has 2 rings (SSSR count). The maximum absolute atomic E-state index is 12.3. The van der Waals surface area contributed by atoms with Crippen molar-refractivity contribution in [3.05, 3.63) is 22.4 Å². The highest BCUT2D eigenvalue weighted by Gasteiger charge is 2.33. The van der Waals surface area contributed by atoms with E-state index in [2.05, 4.69) is 26.2 Å². The maximum Gasteiger partial charge on any atom is 0.408 e. The number of likely N-dealkylation sites (N-methyl/N-ethyl adjacent to an activating group) is 1. The van der Waals surface area contributed by atoms with Crippen LogP contribution in [0.2, 0.25) is 0 Å². The molecule has 114 valence electrons. The van der Waals surface area contributed by atoms with Gasteiger partial charge in [0.2, 0.25) is 5.91 Å². The average molecular weight is 356 g/mol. The van der Waals surface area contributed by atoms with Gasteiger partial charge in [-0.15, -0.1) is 0 Å². The molecule has 0 radical (unpaired) electrons. The highest BCUT2D eigenvalue weighted by Crippen LogP contribution is 2.28. The second kappa shape index (κ2) is 5.63. The van der Waals surface area contributed by atoms with Crippen LogP contribution in [0.3, 0.4) is 0 Å². The molecule has 1 aliphatic rings. The second-order valence-corrected chi connectivity index (χ2v) is 6.84. The third-order valence-electron chi connectivity index (χ3n) is 2.99. The van der Waals surface area contributed by atoms with Crippen LogP contribution in [0.15, 0.2) is 16.7 Å². The molecule has 0 fully saturated rings. The first-order chi connectivity index (χ1) is 9.67. The number of carbonyl (C=O) groups excluding carboxylic acids is 2. The number of hydrogen-bond acceptors (Lipinski definition) is 4. The third-order valence-corrected chi connectivity index (χ3v) is 3.43. The van der Waals surface area contributed by atoms with Crippen LogP contribution < -0.4 is 10.2 Å². The molecule has 1 aromatic heterocycles. The fraction of sp³-hybridized carbons (Fsp3) is 0.500. The van der Waals surface area contributed by atoms with Crippen molar-refractivity contribution in [3.8, 4) is 0 Å². The molecule has 2 heterocycles. The summed E-state index contributed by atoms with van der Waals surface area (Å²) in [7, 11) is 1.66. The summed E-state index contributed by atoms with van der Waals surface area (Å²) in [5, 5.41) is 2.61. The SMILES string of the molecule is CN1C(=O)[C@H](NC(=O)OC(C)(C)C)Cc2ncc(Br)cc21. The van der Waals surface area contributed by atoms with E-state index in [9.17, 15) is 9.59 Å². The van der Waals surface area contributed by atoms with Gasteiger partial charge in [-0.05, 0) is 42.8 Å². The summed E-state index contributed by atoms with van der Waals surface area (Å²) in [6, 6.07) is 1.18. The smallest absolute Gasteiger partial charge is 0.408 e. The number of rotatable bonds is 1. The van der Waals surface area contributed by atoms with Gasteiger partial charge in [-0.1, -0.05) is 0 Å². The molecular weight excluding hydrogens is 338 g/mol. The quantitative estimate of drug-likeness (QED) is 0.838. The zero-order valence-electron chi connectivity index (χ0n) is 12.4. The number of hydrogen-bond donors (Lipinski definition) is 1. The summed E-state index contributed by atoms with van der Waals surface area (Å²) in [6.07, 6.45) is 1.42. The van der Waals surface area contributed by atoms with E-state index >= 15 is 0 Å². The first kappa shape index (κ1) is 15.8. The van der Waals surface area contributed by atoms with Gasteiger partial charge >= 0.3 is 6.09 Å². The predicted octanol–water partition coefficient (Wildman–Crippen LogP) is 2.26. The van der Waals surface area contributed by atoms with Crippen molar-refractivity contribution < 1.29 is 14.3 Å². The lowest BCUT2D eigenvalue weighted by Gasteiger charge is -2.31. The molecule has 1 aromatic rings. The van der Waals surface area contributed by atoms with Crippen LogP contribution >= 0.6 is 15.9 Å². The normalized spacial score (nSPS) is 18.2. The van der Waals surface area contributed by atoms with E-state index in [4.69, 9.17) is 4.74 Å². The summed E-state index contributed by atoms with van der Waals surface area (Å²) in [6.45, 7) is 5.32. The molecule has 1 aliphatic heterocycles. The number of halogens is 1. The number of carbonyl (C=O) groups is 2. The van der Waals surface area contributed by atoms with Gasteiger partial charge < -0.3 is 15.0 Å². The number of amides is 2. The Balaban J connectivity index is 2.15. The zero-order valence-corrected chi connectivity index (χ0v) is 14.0. The van der Waals surface area contributed by atoms with Crippen molar-refractivity contribution in [2.75, 3.05) is 11.9 Å². The monoisotopic (exact) mass is 355 g/mol. The van der Waals surface area contributed by atoms with Gasteiger partial charge in [-0.2, -0.15) is 0 Å². The number of nitrogens with zero attached hydrogens (tertiary/aromatic N) is 2. The van der Waals surface area contributed by atoms with E-state index < -0.39 is 17.7 Å². The third kappa shape index (κ3) is 3.72. The van der Waals surface area contributed by atoms with Gasteiger partial charge in [0.15, 0.2) is 0 Å². The van der Waals surface area contributed by atoms with Crippen LogP contribution in [-0.2, 0) is 16.0 Å². The van der Waals surface area contributed by atoms with Crippen molar-refractivity contribution >= 4 is 33.6 Å². The summed E-state index contributed by atoms with van der Waals surface area (Å²) >= 11 is 3.34. The standard InChI is InChI=1S/C14H18BrN3O3/c1-14(2,3)21-13(20)17-10-6-9-11(18(4)12(10)19)5-8(15)7-16-9/h5,7,10H,6H2,1-4H3,(H,17,20)/t10-/m1/s1. The van der Waals surface area contributed by atoms with Gasteiger partial charge in [0.05, 0.1) is 11.4 Å². The average Bonchev–Trinajstić information content (AvgIpc) is 2.34. The van der Waals surface area contributed by atoms with Crippen LogP contribution in [0.4, 0.5) is 10.5 Å². The Kier molecular flexibility index (Phi) is 4.22. The van der Waals surface area contributed by atoms with E-state index in [0.29, 0.717) is 6.42 Å². The Hall–Kier alpha value is -1.63. The Morgan fingerprint density at radius 2 is 2.19 bits per heavy atom. The van der Waals surface area contributed by atoms with Crippen LogP contribution in [-0.4, -0.2) is 35.7 Å². The lowest BCUT2D eigenvalue weighted by molar-refractivity contribution is -0.120. The van der Waals surface area contributed by atoms with Crippen molar-refractivity contribution in [1.29, 1.82) is 0 Å². The Labute approximate surface area is 132 Å². The molecule has 7 heteroatoms. The van der Waals surface area contributed by atoms with E-state index in [1.807, 2.05) is 6.07 Å². The van der Waals surface area contributed by atoms with E-state index in [1.165, 1.54) is 4.90 Å². The van der Waals surface area contributed by atoms with Crippen molar-refractivity contribution in [3.63, 3.8) is 0 Å². The predicted molar refractivity (Wildman–Crippen MR) is 82.2 cm³/mol. The van der Waals surface area contributed by atoms with Gasteiger partial charge in [-0.3, -0.25) is 9.78 Å². The summed E-state index contributed by atoms with van der Waals surface area (Å²) in [5.74, 6) is -0.187. The largest absolute Gasteiger partial charge is 0.444 e.